The van der Waals surface area contributed by atoms with E-state index in [1.54, 1.807) is 0 Å². The lowest BCUT2D eigenvalue weighted by atomic mass is 9.88. The van der Waals surface area contributed by atoms with Crippen LogP contribution < -0.4 is 27.8 Å². The smallest absolute Gasteiger partial charge is 0.0108 e. The fraction of sp³-hybridized carbons (Fsp3) is 1.00. The molecule has 0 unspecified atom stereocenters. The molecule has 8 N–H and O–H groups in total. The van der Waals surface area contributed by atoms with E-state index in [-0.39, 0.29) is 0 Å². The first-order valence-electron chi connectivity index (χ1n) is 11.1. The van der Waals surface area contributed by atoms with Gasteiger partial charge in [0.15, 0.2) is 0 Å². The van der Waals surface area contributed by atoms with Crippen molar-refractivity contribution in [1.82, 2.24) is 20.4 Å². The molecule has 0 amide bonds. The van der Waals surface area contributed by atoms with E-state index >= 15 is 0 Å². The average molecular weight is 402 g/mol. The first kappa shape index (κ1) is 27.7. The molecule has 0 radical (unpaired) electrons. The Kier molecular flexibility index (Phi) is 15.4. The number of piperazine rings is 2. The highest BCUT2D eigenvalue weighted by Gasteiger charge is 2.21. The van der Waals surface area contributed by atoms with Gasteiger partial charge < -0.3 is 37.6 Å². The van der Waals surface area contributed by atoms with Gasteiger partial charge in [0.1, 0.15) is 0 Å². The molecule has 2 heterocycles. The highest BCUT2D eigenvalue weighted by molar-refractivity contribution is 4.77. The summed E-state index contributed by atoms with van der Waals surface area (Å²) >= 11 is 0. The minimum atomic E-state index is 0.310. The van der Waals surface area contributed by atoms with Gasteiger partial charge in [-0.2, -0.15) is 0 Å². The van der Waals surface area contributed by atoms with Gasteiger partial charge in [0.2, 0.25) is 0 Å². The van der Waals surface area contributed by atoms with Gasteiger partial charge in [-0.3, -0.25) is 0 Å². The van der Waals surface area contributed by atoms with Crippen LogP contribution in [0.2, 0.25) is 0 Å². The van der Waals surface area contributed by atoms with Crippen LogP contribution in [0.15, 0.2) is 0 Å². The van der Waals surface area contributed by atoms with Gasteiger partial charge in [0, 0.05) is 58.9 Å². The third-order valence-corrected chi connectivity index (χ3v) is 5.55. The molecule has 2 rings (SSSR count). The highest BCUT2D eigenvalue weighted by atomic mass is 15.2. The summed E-state index contributed by atoms with van der Waals surface area (Å²) in [4.78, 5) is 5.06. The number of nitrogens with two attached hydrogens (primary N) is 3. The van der Waals surface area contributed by atoms with Crippen LogP contribution in [0, 0.1) is 10.8 Å². The minimum Gasteiger partial charge on any atom is -0.333 e. The molecule has 0 spiro atoms. The standard InChI is InChI=1S/2C10H23N3.CH5N/c1-10(2,9-11)3-6-13-7-4-12-5-8-13;1-10(2,3-4-11)9-13-7-5-12-6-8-13;1-2/h2*12H,3-9,11H2,1-2H3;2H2,1H3. The van der Waals surface area contributed by atoms with Gasteiger partial charge in [0.05, 0.1) is 0 Å². The maximum absolute atomic E-state index is 5.69. The molecule has 28 heavy (non-hydrogen) atoms. The maximum Gasteiger partial charge on any atom is 0.0108 e. The van der Waals surface area contributed by atoms with Crippen molar-refractivity contribution in [2.75, 3.05) is 85.6 Å². The van der Waals surface area contributed by atoms with Gasteiger partial charge in [-0.25, -0.2) is 0 Å². The van der Waals surface area contributed by atoms with Gasteiger partial charge in [-0.05, 0) is 50.4 Å². The van der Waals surface area contributed by atoms with Crippen molar-refractivity contribution in [2.45, 2.75) is 40.5 Å². The summed E-state index contributed by atoms with van der Waals surface area (Å²) in [6, 6.07) is 0. The monoisotopic (exact) mass is 401 g/mol. The Morgan fingerprint density at radius 2 is 1.18 bits per heavy atom. The molecule has 0 aromatic heterocycles. The van der Waals surface area contributed by atoms with Crippen LogP contribution in [0.1, 0.15) is 40.5 Å². The zero-order chi connectivity index (χ0) is 21.5. The second-order valence-corrected chi connectivity index (χ2v) is 9.44. The molecular formula is C21H51N7. The lowest BCUT2D eigenvalue weighted by Gasteiger charge is -2.35. The largest absolute Gasteiger partial charge is 0.333 e. The van der Waals surface area contributed by atoms with Crippen molar-refractivity contribution in [3.63, 3.8) is 0 Å². The van der Waals surface area contributed by atoms with Crippen LogP contribution in [0.3, 0.4) is 0 Å². The summed E-state index contributed by atoms with van der Waals surface area (Å²) in [5.41, 5.74) is 16.5. The van der Waals surface area contributed by atoms with Crippen molar-refractivity contribution in [3.8, 4) is 0 Å². The summed E-state index contributed by atoms with van der Waals surface area (Å²) in [5, 5.41) is 6.73. The summed E-state index contributed by atoms with van der Waals surface area (Å²) in [7, 11) is 1.50. The number of rotatable bonds is 8. The Hall–Kier alpha value is -0.280. The molecule has 0 atom stereocenters. The van der Waals surface area contributed by atoms with E-state index in [0.717, 1.165) is 45.7 Å². The Balaban J connectivity index is 0.000000478. The fourth-order valence-electron chi connectivity index (χ4n) is 3.44. The normalized spacial score (nSPS) is 19.3. The average Bonchev–Trinajstić information content (AvgIpc) is 2.70. The summed E-state index contributed by atoms with van der Waals surface area (Å²) < 4.78 is 0. The van der Waals surface area contributed by atoms with E-state index in [4.69, 9.17) is 11.5 Å². The van der Waals surface area contributed by atoms with Crippen LogP contribution in [0.5, 0.6) is 0 Å². The van der Waals surface area contributed by atoms with E-state index in [9.17, 15) is 0 Å². The SMILES string of the molecule is CC(C)(CCN)CN1CCNCC1.CC(C)(CN)CCN1CCNCC1.CN. The molecule has 2 saturated heterocycles. The molecule has 2 aliphatic heterocycles. The van der Waals surface area contributed by atoms with Crippen molar-refractivity contribution in [3.05, 3.63) is 0 Å². The third kappa shape index (κ3) is 13.8. The second-order valence-electron chi connectivity index (χ2n) is 9.44. The molecule has 0 aliphatic carbocycles. The molecule has 0 aromatic rings. The maximum atomic E-state index is 5.69. The van der Waals surface area contributed by atoms with Crippen LogP contribution in [0.4, 0.5) is 0 Å². The molecule has 0 aromatic carbocycles. The first-order chi connectivity index (χ1) is 13.3. The Morgan fingerprint density at radius 1 is 0.714 bits per heavy atom. The summed E-state index contributed by atoms with van der Waals surface area (Å²) in [6.07, 6.45) is 2.33. The molecule has 170 valence electrons. The minimum absolute atomic E-state index is 0.310. The molecule has 7 nitrogen and oxygen atoms in total. The second kappa shape index (κ2) is 15.5. The van der Waals surface area contributed by atoms with Crippen LogP contribution >= 0.6 is 0 Å². The molecular weight excluding hydrogens is 350 g/mol. The molecule has 7 heteroatoms. The zero-order valence-corrected chi connectivity index (χ0v) is 19.5. The number of hydrogen-bond acceptors (Lipinski definition) is 7. The predicted molar refractivity (Wildman–Crippen MR) is 124 cm³/mol. The topological polar surface area (TPSA) is 109 Å². The van der Waals surface area contributed by atoms with E-state index < -0.39 is 0 Å². The molecule has 0 saturated carbocycles. The van der Waals surface area contributed by atoms with Crippen LogP contribution in [-0.2, 0) is 0 Å². The predicted octanol–water partition coefficient (Wildman–Crippen LogP) is 0.108. The first-order valence-corrected chi connectivity index (χ1v) is 11.1. The lowest BCUT2D eigenvalue weighted by molar-refractivity contribution is 0.155. The Bertz CT molecular complexity index is 349. The summed E-state index contributed by atoms with van der Waals surface area (Å²) in [5.74, 6) is 0. The quantitative estimate of drug-likeness (QED) is 0.393. The lowest BCUT2D eigenvalue weighted by Crippen LogP contribution is -2.47. The van der Waals surface area contributed by atoms with E-state index in [1.165, 1.54) is 52.7 Å². The van der Waals surface area contributed by atoms with E-state index in [2.05, 4.69) is 53.9 Å². The molecule has 0 bridgehead atoms. The zero-order valence-electron chi connectivity index (χ0n) is 19.5. The van der Waals surface area contributed by atoms with Gasteiger partial charge in [0.25, 0.3) is 0 Å². The highest BCUT2D eigenvalue weighted by Crippen LogP contribution is 2.21. The third-order valence-electron chi connectivity index (χ3n) is 5.55. The molecule has 2 fully saturated rings. The number of hydrogen-bond donors (Lipinski definition) is 5. The fourth-order valence-corrected chi connectivity index (χ4v) is 3.44. The Labute approximate surface area is 175 Å². The van der Waals surface area contributed by atoms with E-state index in [0.29, 0.717) is 10.8 Å². The molecule has 2 aliphatic rings. The van der Waals surface area contributed by atoms with Crippen LogP contribution in [0.25, 0.3) is 0 Å². The van der Waals surface area contributed by atoms with Crippen molar-refractivity contribution >= 4 is 0 Å². The van der Waals surface area contributed by atoms with Crippen LogP contribution in [-0.4, -0.2) is 95.4 Å². The van der Waals surface area contributed by atoms with Crippen molar-refractivity contribution < 1.29 is 0 Å². The van der Waals surface area contributed by atoms with Gasteiger partial charge in [-0.15, -0.1) is 0 Å². The Morgan fingerprint density at radius 3 is 1.61 bits per heavy atom. The van der Waals surface area contributed by atoms with Gasteiger partial charge >= 0.3 is 0 Å². The van der Waals surface area contributed by atoms with Crippen molar-refractivity contribution in [2.24, 2.45) is 28.0 Å². The van der Waals surface area contributed by atoms with Gasteiger partial charge in [-0.1, -0.05) is 27.7 Å². The number of nitrogens with zero attached hydrogens (tertiary/aromatic N) is 2. The number of nitrogens with one attached hydrogen (secondary N) is 2. The summed E-state index contributed by atoms with van der Waals surface area (Å²) in [6.45, 7) is 22.4. The van der Waals surface area contributed by atoms with E-state index in [1.807, 2.05) is 0 Å². The van der Waals surface area contributed by atoms with Crippen molar-refractivity contribution in [1.29, 1.82) is 0 Å².